The van der Waals surface area contributed by atoms with Gasteiger partial charge in [-0.1, -0.05) is 0 Å². The molecule has 0 unspecified atom stereocenters. The summed E-state index contributed by atoms with van der Waals surface area (Å²) in [6, 6.07) is 8.36. The number of nitrogen functional groups attached to an aromatic ring is 1. The van der Waals surface area contributed by atoms with Crippen molar-refractivity contribution >= 4 is 31.6 Å². The highest BCUT2D eigenvalue weighted by molar-refractivity contribution is 9.10. The average Bonchev–Trinajstić information content (AvgIpc) is 2.45. The first-order valence-corrected chi connectivity index (χ1v) is 8.33. The lowest BCUT2D eigenvalue weighted by molar-refractivity contribution is 0.323. The van der Waals surface area contributed by atoms with Gasteiger partial charge in [-0.25, -0.2) is 13.1 Å². The topological polar surface area (TPSA) is 94.3 Å². The number of hydrogen-bond acceptors (Lipinski definition) is 5. The maximum Gasteiger partial charge on any atom is 0.242 e. The summed E-state index contributed by atoms with van der Waals surface area (Å²) in [5.41, 5.74) is 6.20. The molecule has 0 amide bonds. The third-order valence-corrected chi connectivity index (χ3v) is 4.39. The molecule has 2 rings (SSSR count). The van der Waals surface area contributed by atoms with E-state index in [1.165, 1.54) is 18.5 Å². The van der Waals surface area contributed by atoms with Gasteiger partial charge in [0, 0.05) is 29.1 Å². The number of hydrogen-bond donors (Lipinski definition) is 2. The number of anilines is 1. The van der Waals surface area contributed by atoms with E-state index in [2.05, 4.69) is 25.6 Å². The Morgan fingerprint density at radius 2 is 1.95 bits per heavy atom. The Labute approximate surface area is 131 Å². The van der Waals surface area contributed by atoms with Crippen molar-refractivity contribution in [2.45, 2.75) is 4.90 Å². The predicted octanol–water partition coefficient (Wildman–Crippen LogP) is 1.78. The summed E-state index contributed by atoms with van der Waals surface area (Å²) in [5, 5.41) is 0. The van der Waals surface area contributed by atoms with Gasteiger partial charge in [0.15, 0.2) is 0 Å². The van der Waals surface area contributed by atoms with E-state index < -0.39 is 10.0 Å². The minimum Gasteiger partial charge on any atom is -0.492 e. The molecule has 1 heterocycles. The highest BCUT2D eigenvalue weighted by atomic mass is 79.9. The molecular weight excluding hydrogens is 358 g/mol. The molecule has 0 bridgehead atoms. The van der Waals surface area contributed by atoms with Crippen molar-refractivity contribution in [1.82, 2.24) is 9.71 Å². The number of pyridine rings is 1. The molecule has 0 aliphatic carbocycles. The van der Waals surface area contributed by atoms with E-state index in [-0.39, 0.29) is 18.0 Å². The van der Waals surface area contributed by atoms with Gasteiger partial charge in [-0.3, -0.25) is 4.98 Å². The van der Waals surface area contributed by atoms with Crippen molar-refractivity contribution in [3.63, 3.8) is 0 Å². The third-order valence-electron chi connectivity index (χ3n) is 2.53. The van der Waals surface area contributed by atoms with Crippen LogP contribution in [-0.4, -0.2) is 26.6 Å². The van der Waals surface area contributed by atoms with E-state index in [4.69, 9.17) is 10.5 Å². The van der Waals surface area contributed by atoms with Crippen LogP contribution in [0, 0.1) is 0 Å². The Balaban J connectivity index is 1.86. The normalized spacial score (nSPS) is 11.3. The maximum absolute atomic E-state index is 12.0. The standard InChI is InChI=1S/C13H14BrN3O3S/c14-10-7-13(9-16-8-10)21(18,19)17-5-6-20-12-3-1-11(15)2-4-12/h1-4,7-9,17H,5-6,15H2. The molecular formula is C13H14BrN3O3S. The molecule has 21 heavy (non-hydrogen) atoms. The number of ether oxygens (including phenoxy) is 1. The first-order chi connectivity index (χ1) is 9.97. The van der Waals surface area contributed by atoms with Gasteiger partial charge in [0.2, 0.25) is 10.0 Å². The van der Waals surface area contributed by atoms with Crippen LogP contribution < -0.4 is 15.2 Å². The summed E-state index contributed by atoms with van der Waals surface area (Å²) in [4.78, 5) is 3.93. The second-order valence-electron chi connectivity index (χ2n) is 4.15. The van der Waals surface area contributed by atoms with Gasteiger partial charge in [0.1, 0.15) is 17.3 Å². The molecule has 0 saturated heterocycles. The Morgan fingerprint density at radius 1 is 1.24 bits per heavy atom. The molecule has 0 radical (unpaired) electrons. The second-order valence-corrected chi connectivity index (χ2v) is 6.84. The molecule has 0 saturated carbocycles. The van der Waals surface area contributed by atoms with Crippen molar-refractivity contribution in [3.05, 3.63) is 47.2 Å². The van der Waals surface area contributed by atoms with E-state index in [9.17, 15) is 8.42 Å². The first kappa shape index (κ1) is 15.7. The lowest BCUT2D eigenvalue weighted by atomic mass is 10.3. The minimum atomic E-state index is -3.59. The summed E-state index contributed by atoms with van der Waals surface area (Å²) in [7, 11) is -3.59. The average molecular weight is 372 g/mol. The lowest BCUT2D eigenvalue weighted by Gasteiger charge is -2.08. The van der Waals surface area contributed by atoms with Crippen molar-refractivity contribution in [2.24, 2.45) is 0 Å². The molecule has 2 aromatic rings. The highest BCUT2D eigenvalue weighted by Crippen LogP contribution is 2.14. The van der Waals surface area contributed by atoms with Gasteiger partial charge < -0.3 is 10.5 Å². The molecule has 6 nitrogen and oxygen atoms in total. The van der Waals surface area contributed by atoms with Crippen LogP contribution in [-0.2, 0) is 10.0 Å². The van der Waals surface area contributed by atoms with E-state index in [0.717, 1.165) is 0 Å². The van der Waals surface area contributed by atoms with Crippen molar-refractivity contribution < 1.29 is 13.2 Å². The van der Waals surface area contributed by atoms with Crippen LogP contribution in [0.2, 0.25) is 0 Å². The minimum absolute atomic E-state index is 0.101. The number of sulfonamides is 1. The zero-order chi connectivity index (χ0) is 15.3. The molecule has 1 aromatic carbocycles. The largest absolute Gasteiger partial charge is 0.492 e. The lowest BCUT2D eigenvalue weighted by Crippen LogP contribution is -2.28. The van der Waals surface area contributed by atoms with E-state index in [0.29, 0.717) is 15.9 Å². The van der Waals surface area contributed by atoms with Crippen LogP contribution in [0.4, 0.5) is 5.69 Å². The van der Waals surface area contributed by atoms with Gasteiger partial charge >= 0.3 is 0 Å². The quantitative estimate of drug-likeness (QED) is 0.596. The SMILES string of the molecule is Nc1ccc(OCCNS(=O)(=O)c2cncc(Br)c2)cc1. The van der Waals surface area contributed by atoms with Crippen LogP contribution in [0.3, 0.4) is 0 Å². The van der Waals surface area contributed by atoms with Gasteiger partial charge in [-0.15, -0.1) is 0 Å². The summed E-state index contributed by atoms with van der Waals surface area (Å²) in [5.74, 6) is 0.632. The molecule has 0 aliphatic rings. The molecule has 0 fully saturated rings. The van der Waals surface area contributed by atoms with Crippen LogP contribution >= 0.6 is 15.9 Å². The number of rotatable bonds is 6. The molecule has 0 aliphatic heterocycles. The fraction of sp³-hybridized carbons (Fsp3) is 0.154. The smallest absolute Gasteiger partial charge is 0.242 e. The Bertz CT molecular complexity index is 705. The number of benzene rings is 1. The van der Waals surface area contributed by atoms with Crippen LogP contribution in [0.25, 0.3) is 0 Å². The molecule has 3 N–H and O–H groups in total. The van der Waals surface area contributed by atoms with Gasteiger partial charge in [-0.05, 0) is 46.3 Å². The number of nitrogens with one attached hydrogen (secondary N) is 1. The number of aromatic nitrogens is 1. The monoisotopic (exact) mass is 371 g/mol. The molecule has 0 atom stereocenters. The first-order valence-electron chi connectivity index (χ1n) is 6.06. The fourth-order valence-electron chi connectivity index (χ4n) is 1.53. The fourth-order valence-corrected chi connectivity index (χ4v) is 3.05. The van der Waals surface area contributed by atoms with Crippen molar-refractivity contribution in [3.8, 4) is 5.75 Å². The van der Waals surface area contributed by atoms with Crippen molar-refractivity contribution in [2.75, 3.05) is 18.9 Å². The summed E-state index contributed by atoms with van der Waals surface area (Å²) in [6.45, 7) is 0.365. The summed E-state index contributed by atoms with van der Waals surface area (Å²) >= 11 is 3.18. The maximum atomic E-state index is 12.0. The zero-order valence-electron chi connectivity index (χ0n) is 11.0. The zero-order valence-corrected chi connectivity index (χ0v) is 13.4. The predicted molar refractivity (Wildman–Crippen MR) is 83.5 cm³/mol. The van der Waals surface area contributed by atoms with Gasteiger partial charge in [0.25, 0.3) is 0 Å². The number of nitrogens with two attached hydrogens (primary N) is 1. The van der Waals surface area contributed by atoms with E-state index in [1.54, 1.807) is 24.3 Å². The Hall–Kier alpha value is -1.64. The summed E-state index contributed by atoms with van der Waals surface area (Å²) < 4.78 is 32.4. The van der Waals surface area contributed by atoms with Crippen LogP contribution in [0.1, 0.15) is 0 Å². The third kappa shape index (κ3) is 4.69. The van der Waals surface area contributed by atoms with Gasteiger partial charge in [0.05, 0.1) is 0 Å². The molecule has 112 valence electrons. The van der Waals surface area contributed by atoms with Crippen LogP contribution in [0.5, 0.6) is 5.75 Å². The van der Waals surface area contributed by atoms with E-state index in [1.807, 2.05) is 0 Å². The molecule has 8 heteroatoms. The van der Waals surface area contributed by atoms with Crippen molar-refractivity contribution in [1.29, 1.82) is 0 Å². The van der Waals surface area contributed by atoms with Gasteiger partial charge in [-0.2, -0.15) is 0 Å². The Kier molecular flexibility index (Phi) is 5.16. The second kappa shape index (κ2) is 6.88. The highest BCUT2D eigenvalue weighted by Gasteiger charge is 2.14. The number of halogens is 1. The Morgan fingerprint density at radius 3 is 2.62 bits per heavy atom. The van der Waals surface area contributed by atoms with Crippen LogP contribution in [0.15, 0.2) is 52.1 Å². The number of nitrogens with zero attached hydrogens (tertiary/aromatic N) is 1. The summed E-state index contributed by atoms with van der Waals surface area (Å²) in [6.07, 6.45) is 2.80. The molecule has 1 aromatic heterocycles. The molecule has 0 spiro atoms. The van der Waals surface area contributed by atoms with E-state index >= 15 is 0 Å².